The molecule has 0 aliphatic carbocycles. The van der Waals surface area contributed by atoms with E-state index in [1.807, 2.05) is 0 Å². The number of nitrogens with zero attached hydrogens (tertiary/aromatic N) is 1. The highest BCUT2D eigenvalue weighted by molar-refractivity contribution is 6.30. The number of ether oxygens (including phenoxy) is 1. The van der Waals surface area contributed by atoms with Gasteiger partial charge in [0.2, 0.25) is 0 Å². The predicted molar refractivity (Wildman–Crippen MR) is 81.8 cm³/mol. The lowest BCUT2D eigenvalue weighted by Crippen LogP contribution is -2.19. The first-order valence-corrected chi connectivity index (χ1v) is 6.80. The minimum atomic E-state index is -0.638. The summed E-state index contributed by atoms with van der Waals surface area (Å²) in [6, 6.07) is 12.0. The summed E-state index contributed by atoms with van der Waals surface area (Å²) in [5.74, 6) is -0.606. The van der Waals surface area contributed by atoms with E-state index >= 15 is 0 Å². The third-order valence-corrected chi connectivity index (χ3v) is 3.23. The molecule has 0 aliphatic rings. The molecule has 0 unspecified atom stereocenters. The van der Waals surface area contributed by atoms with Crippen LogP contribution in [0.2, 0.25) is 5.02 Å². The van der Waals surface area contributed by atoms with Crippen molar-refractivity contribution in [2.75, 3.05) is 6.54 Å². The van der Waals surface area contributed by atoms with E-state index < -0.39 is 17.0 Å². The molecule has 2 aromatic carbocycles. The van der Waals surface area contributed by atoms with E-state index in [2.05, 4.69) is 0 Å². The molecular formula is C15H13ClN2O4. The Balaban J connectivity index is 2.13. The van der Waals surface area contributed by atoms with Crippen LogP contribution < -0.4 is 5.73 Å². The Morgan fingerprint density at radius 2 is 1.95 bits per heavy atom. The van der Waals surface area contributed by atoms with Gasteiger partial charge in [-0.05, 0) is 29.8 Å². The standard InChI is InChI=1S/C15H13ClN2O4/c16-12-3-1-2-11(8-12)14(9-17)22-15(19)10-4-6-13(7-5-10)18(20)21/h1-8,14H,9,17H2/t14-/m1/s1. The number of benzene rings is 2. The summed E-state index contributed by atoms with van der Waals surface area (Å²) in [5, 5.41) is 11.1. The van der Waals surface area contributed by atoms with Crippen molar-refractivity contribution in [3.63, 3.8) is 0 Å². The van der Waals surface area contributed by atoms with E-state index in [1.165, 1.54) is 24.3 Å². The van der Waals surface area contributed by atoms with Gasteiger partial charge in [-0.25, -0.2) is 4.79 Å². The number of halogens is 1. The summed E-state index contributed by atoms with van der Waals surface area (Å²) in [4.78, 5) is 22.1. The summed E-state index contributed by atoms with van der Waals surface area (Å²) in [5.41, 5.74) is 6.44. The average molecular weight is 321 g/mol. The number of nitro groups is 1. The van der Waals surface area contributed by atoms with Gasteiger partial charge in [-0.15, -0.1) is 0 Å². The zero-order valence-corrected chi connectivity index (χ0v) is 12.2. The second kappa shape index (κ2) is 7.02. The first-order valence-electron chi connectivity index (χ1n) is 6.42. The quantitative estimate of drug-likeness (QED) is 0.519. The average Bonchev–Trinajstić information content (AvgIpc) is 2.52. The third kappa shape index (κ3) is 3.81. The van der Waals surface area contributed by atoms with Crippen LogP contribution in [0, 0.1) is 10.1 Å². The molecule has 0 aliphatic heterocycles. The molecular weight excluding hydrogens is 308 g/mol. The largest absolute Gasteiger partial charge is 0.453 e. The normalized spacial score (nSPS) is 11.7. The molecule has 114 valence electrons. The Labute approximate surface area is 131 Å². The van der Waals surface area contributed by atoms with E-state index in [9.17, 15) is 14.9 Å². The minimum absolute atomic E-state index is 0.0956. The smallest absolute Gasteiger partial charge is 0.338 e. The number of carbonyl (C=O) groups excluding carboxylic acids is 1. The minimum Gasteiger partial charge on any atom is -0.453 e. The molecule has 0 fully saturated rings. The summed E-state index contributed by atoms with van der Waals surface area (Å²) in [7, 11) is 0. The third-order valence-electron chi connectivity index (χ3n) is 3.00. The van der Waals surface area contributed by atoms with Crippen molar-refractivity contribution in [1.29, 1.82) is 0 Å². The van der Waals surface area contributed by atoms with Crippen LogP contribution in [0.4, 0.5) is 5.69 Å². The number of hydrogen-bond donors (Lipinski definition) is 1. The van der Waals surface area contributed by atoms with Crippen molar-refractivity contribution in [3.05, 3.63) is 74.8 Å². The van der Waals surface area contributed by atoms with Crippen LogP contribution in [0.15, 0.2) is 48.5 Å². The van der Waals surface area contributed by atoms with E-state index in [1.54, 1.807) is 24.3 Å². The summed E-state index contributed by atoms with van der Waals surface area (Å²) in [6.07, 6.45) is -0.638. The van der Waals surface area contributed by atoms with Gasteiger partial charge in [-0.1, -0.05) is 23.7 Å². The van der Waals surface area contributed by atoms with Crippen molar-refractivity contribution in [1.82, 2.24) is 0 Å². The van der Waals surface area contributed by atoms with E-state index in [0.717, 1.165) is 0 Å². The van der Waals surface area contributed by atoms with Gasteiger partial charge in [0.25, 0.3) is 5.69 Å². The molecule has 0 saturated heterocycles. The van der Waals surface area contributed by atoms with Crippen LogP contribution in [-0.2, 0) is 4.74 Å². The maximum atomic E-state index is 12.1. The highest BCUT2D eigenvalue weighted by Gasteiger charge is 2.17. The SMILES string of the molecule is NC[C@@H](OC(=O)c1ccc([N+](=O)[O-])cc1)c1cccc(Cl)c1. The number of non-ortho nitro benzene ring substituents is 1. The molecule has 2 N–H and O–H groups in total. The van der Waals surface area contributed by atoms with Crippen molar-refractivity contribution < 1.29 is 14.5 Å². The van der Waals surface area contributed by atoms with Crippen LogP contribution in [0.1, 0.15) is 22.0 Å². The van der Waals surface area contributed by atoms with Gasteiger partial charge in [0.15, 0.2) is 0 Å². The van der Waals surface area contributed by atoms with Gasteiger partial charge < -0.3 is 10.5 Å². The Morgan fingerprint density at radius 1 is 1.27 bits per heavy atom. The predicted octanol–water partition coefficient (Wildman–Crippen LogP) is 3.11. The molecule has 0 aromatic heterocycles. The number of nitro benzene ring substituents is 1. The fourth-order valence-electron chi connectivity index (χ4n) is 1.88. The molecule has 0 amide bonds. The van der Waals surface area contributed by atoms with Crippen LogP contribution in [0.3, 0.4) is 0 Å². The molecule has 2 aromatic rings. The molecule has 0 spiro atoms. The summed E-state index contributed by atoms with van der Waals surface area (Å²) < 4.78 is 5.33. The molecule has 7 heteroatoms. The second-order valence-electron chi connectivity index (χ2n) is 4.49. The Kier molecular flexibility index (Phi) is 5.08. The molecule has 22 heavy (non-hydrogen) atoms. The zero-order chi connectivity index (χ0) is 16.1. The first-order chi connectivity index (χ1) is 10.5. The Bertz CT molecular complexity index is 688. The maximum absolute atomic E-state index is 12.1. The lowest BCUT2D eigenvalue weighted by molar-refractivity contribution is -0.384. The zero-order valence-electron chi connectivity index (χ0n) is 11.4. The molecule has 0 heterocycles. The molecule has 1 atom stereocenters. The topological polar surface area (TPSA) is 95.5 Å². The van der Waals surface area contributed by atoms with Crippen LogP contribution in [0.5, 0.6) is 0 Å². The van der Waals surface area contributed by atoms with E-state index in [0.29, 0.717) is 10.6 Å². The molecule has 2 rings (SSSR count). The first kappa shape index (κ1) is 15.9. The number of esters is 1. The molecule has 0 radical (unpaired) electrons. The summed E-state index contributed by atoms with van der Waals surface area (Å²) >= 11 is 5.90. The molecule has 0 bridgehead atoms. The van der Waals surface area contributed by atoms with Crippen LogP contribution in [-0.4, -0.2) is 17.4 Å². The fraction of sp³-hybridized carbons (Fsp3) is 0.133. The van der Waals surface area contributed by atoms with Crippen molar-refractivity contribution in [2.45, 2.75) is 6.10 Å². The maximum Gasteiger partial charge on any atom is 0.338 e. The second-order valence-corrected chi connectivity index (χ2v) is 4.93. The van der Waals surface area contributed by atoms with Crippen molar-refractivity contribution in [2.24, 2.45) is 5.73 Å². The number of nitrogens with two attached hydrogens (primary N) is 1. The van der Waals surface area contributed by atoms with Crippen molar-refractivity contribution >= 4 is 23.3 Å². The van der Waals surface area contributed by atoms with E-state index in [4.69, 9.17) is 22.1 Å². The van der Waals surface area contributed by atoms with Gasteiger partial charge in [0.05, 0.1) is 10.5 Å². The van der Waals surface area contributed by atoms with E-state index in [-0.39, 0.29) is 17.8 Å². The fourth-order valence-corrected chi connectivity index (χ4v) is 2.07. The highest BCUT2D eigenvalue weighted by Crippen LogP contribution is 2.22. The van der Waals surface area contributed by atoms with Crippen molar-refractivity contribution in [3.8, 4) is 0 Å². The number of rotatable bonds is 5. The lowest BCUT2D eigenvalue weighted by Gasteiger charge is -2.16. The Hall–Kier alpha value is -2.44. The van der Waals surface area contributed by atoms with Gasteiger partial charge in [0.1, 0.15) is 6.10 Å². The summed E-state index contributed by atoms with van der Waals surface area (Å²) in [6.45, 7) is 0.0963. The number of hydrogen-bond acceptors (Lipinski definition) is 5. The van der Waals surface area contributed by atoms with Gasteiger partial charge >= 0.3 is 5.97 Å². The lowest BCUT2D eigenvalue weighted by atomic mass is 10.1. The molecule has 0 saturated carbocycles. The van der Waals surface area contributed by atoms with Crippen LogP contribution in [0.25, 0.3) is 0 Å². The van der Waals surface area contributed by atoms with Crippen LogP contribution >= 0.6 is 11.6 Å². The van der Waals surface area contributed by atoms with Gasteiger partial charge in [-0.3, -0.25) is 10.1 Å². The Morgan fingerprint density at radius 3 is 2.50 bits per heavy atom. The highest BCUT2D eigenvalue weighted by atomic mass is 35.5. The van der Waals surface area contributed by atoms with Gasteiger partial charge in [-0.2, -0.15) is 0 Å². The monoisotopic (exact) mass is 320 g/mol. The molecule has 6 nitrogen and oxygen atoms in total. The number of carbonyl (C=O) groups is 1. The van der Waals surface area contributed by atoms with Gasteiger partial charge in [0, 0.05) is 23.7 Å².